The van der Waals surface area contributed by atoms with E-state index in [4.69, 9.17) is 0 Å². The van der Waals surface area contributed by atoms with Crippen LogP contribution in [-0.4, -0.2) is 43.8 Å². The van der Waals surface area contributed by atoms with Crippen molar-refractivity contribution in [2.45, 2.75) is 76.9 Å². The maximum atomic E-state index is 14.1. The highest BCUT2D eigenvalue weighted by Crippen LogP contribution is 2.27. The van der Waals surface area contributed by atoms with E-state index >= 15 is 0 Å². The minimum atomic E-state index is -4.09. The normalized spacial score (nSPS) is 14.5. The molecule has 1 N–H and O–H groups in total. The number of carbonyl (C=O) groups excluding carboxylic acids is 2. The molecule has 0 radical (unpaired) electrons. The second kappa shape index (κ2) is 12.7. The summed E-state index contributed by atoms with van der Waals surface area (Å²) in [6.07, 6.45) is 4.02. The van der Waals surface area contributed by atoms with Crippen LogP contribution in [0.3, 0.4) is 0 Å². The predicted octanol–water partition coefficient (Wildman–Crippen LogP) is 5.28. The standard InChI is InChI=1S/C32H39N3O4S/c1-23-14-16-30(17-15-23)40(38,39)35(29-19-24(2)18-25(3)20-29)22-31(36)34(21-27-10-6-5-7-11-27)26(4)32(37)33-28-12-8-9-13-28/h5-7,10-11,14-20,26,28H,8-9,12-13,21-22H2,1-4H3,(H,33,37). The number of aryl methyl sites for hydroxylation is 3. The molecule has 1 saturated carbocycles. The van der Waals surface area contributed by atoms with Crippen LogP contribution >= 0.6 is 0 Å². The van der Waals surface area contributed by atoms with Gasteiger partial charge in [0.05, 0.1) is 10.6 Å². The topological polar surface area (TPSA) is 86.8 Å². The van der Waals surface area contributed by atoms with Gasteiger partial charge in [0.2, 0.25) is 11.8 Å². The number of sulfonamides is 1. The van der Waals surface area contributed by atoms with Gasteiger partial charge in [-0.2, -0.15) is 0 Å². The largest absolute Gasteiger partial charge is 0.352 e. The van der Waals surface area contributed by atoms with Crippen LogP contribution in [0, 0.1) is 20.8 Å². The third-order valence-corrected chi connectivity index (χ3v) is 9.23. The van der Waals surface area contributed by atoms with Crippen molar-refractivity contribution >= 4 is 27.5 Å². The molecule has 0 heterocycles. The van der Waals surface area contributed by atoms with Crippen LogP contribution in [0.5, 0.6) is 0 Å². The van der Waals surface area contributed by atoms with Gasteiger partial charge < -0.3 is 10.2 Å². The molecule has 0 saturated heterocycles. The van der Waals surface area contributed by atoms with Crippen molar-refractivity contribution in [1.29, 1.82) is 0 Å². The number of nitrogens with zero attached hydrogens (tertiary/aromatic N) is 2. The molecule has 2 amide bonds. The highest BCUT2D eigenvalue weighted by atomic mass is 32.2. The average molecular weight is 562 g/mol. The summed E-state index contributed by atoms with van der Waals surface area (Å²) in [5, 5.41) is 3.10. The van der Waals surface area contributed by atoms with Crippen molar-refractivity contribution in [3.63, 3.8) is 0 Å². The predicted molar refractivity (Wildman–Crippen MR) is 158 cm³/mol. The van der Waals surface area contributed by atoms with E-state index in [9.17, 15) is 18.0 Å². The first-order valence-electron chi connectivity index (χ1n) is 13.9. The van der Waals surface area contributed by atoms with Gasteiger partial charge in [-0.25, -0.2) is 8.42 Å². The Morgan fingerprint density at radius 2 is 1.48 bits per heavy atom. The van der Waals surface area contributed by atoms with E-state index < -0.39 is 28.5 Å². The summed E-state index contributed by atoms with van der Waals surface area (Å²) in [6.45, 7) is 7.14. The zero-order chi connectivity index (χ0) is 28.9. The summed E-state index contributed by atoms with van der Waals surface area (Å²) in [5.41, 5.74) is 3.97. The van der Waals surface area contributed by atoms with Crippen molar-refractivity contribution < 1.29 is 18.0 Å². The van der Waals surface area contributed by atoms with E-state index in [1.165, 1.54) is 9.21 Å². The molecule has 3 aromatic rings. The quantitative estimate of drug-likeness (QED) is 0.365. The fraction of sp³-hybridized carbons (Fsp3) is 0.375. The van der Waals surface area contributed by atoms with E-state index in [1.807, 2.05) is 57.2 Å². The Kier molecular flexibility index (Phi) is 9.30. The molecule has 40 heavy (non-hydrogen) atoms. The van der Waals surface area contributed by atoms with Gasteiger partial charge in [-0.3, -0.25) is 13.9 Å². The lowest BCUT2D eigenvalue weighted by Gasteiger charge is -2.32. The molecular weight excluding hydrogens is 522 g/mol. The Bertz CT molecular complexity index is 1410. The zero-order valence-electron chi connectivity index (χ0n) is 23.8. The summed E-state index contributed by atoms with van der Waals surface area (Å²) in [7, 11) is -4.09. The molecule has 8 heteroatoms. The monoisotopic (exact) mass is 561 g/mol. The molecule has 0 aliphatic heterocycles. The Labute approximate surface area is 238 Å². The third-order valence-electron chi connectivity index (χ3n) is 7.45. The van der Waals surface area contributed by atoms with E-state index in [0.29, 0.717) is 5.69 Å². The minimum Gasteiger partial charge on any atom is -0.352 e. The van der Waals surface area contributed by atoms with E-state index in [1.54, 1.807) is 43.3 Å². The maximum Gasteiger partial charge on any atom is 0.264 e. The van der Waals surface area contributed by atoms with Crippen LogP contribution in [0.4, 0.5) is 5.69 Å². The van der Waals surface area contributed by atoms with Gasteiger partial charge in [0, 0.05) is 12.6 Å². The lowest BCUT2D eigenvalue weighted by atomic mass is 10.1. The van der Waals surface area contributed by atoms with Crippen LogP contribution in [0.2, 0.25) is 0 Å². The molecular formula is C32H39N3O4S. The molecule has 1 fully saturated rings. The third kappa shape index (κ3) is 7.10. The van der Waals surface area contributed by atoms with Crippen molar-refractivity contribution in [2.75, 3.05) is 10.8 Å². The van der Waals surface area contributed by atoms with Crippen molar-refractivity contribution in [3.8, 4) is 0 Å². The van der Waals surface area contributed by atoms with Gasteiger partial charge in [-0.15, -0.1) is 0 Å². The number of carbonyl (C=O) groups is 2. The van der Waals surface area contributed by atoms with Crippen LogP contribution < -0.4 is 9.62 Å². The molecule has 0 aromatic heterocycles. The molecule has 212 valence electrons. The molecule has 7 nitrogen and oxygen atoms in total. The Balaban J connectivity index is 1.70. The van der Waals surface area contributed by atoms with Gasteiger partial charge in [-0.05, 0) is 81.5 Å². The number of nitrogens with one attached hydrogen (secondary N) is 1. The second-order valence-electron chi connectivity index (χ2n) is 10.8. The average Bonchev–Trinajstić information content (AvgIpc) is 3.43. The number of amides is 2. The van der Waals surface area contributed by atoms with E-state index in [-0.39, 0.29) is 23.4 Å². The number of hydrogen-bond donors (Lipinski definition) is 1. The smallest absolute Gasteiger partial charge is 0.264 e. The first-order valence-corrected chi connectivity index (χ1v) is 15.3. The summed E-state index contributed by atoms with van der Waals surface area (Å²) < 4.78 is 29.2. The molecule has 3 aromatic carbocycles. The van der Waals surface area contributed by atoms with Crippen LogP contribution in [0.15, 0.2) is 77.7 Å². The van der Waals surface area contributed by atoms with Gasteiger partial charge in [0.15, 0.2) is 0 Å². The summed E-state index contributed by atoms with van der Waals surface area (Å²) in [4.78, 5) is 28.9. The molecule has 1 atom stereocenters. The Hall–Kier alpha value is -3.65. The SMILES string of the molecule is Cc1ccc(S(=O)(=O)N(CC(=O)N(Cc2ccccc2)C(C)C(=O)NC2CCCC2)c2cc(C)cc(C)c2)cc1. The van der Waals surface area contributed by atoms with Gasteiger partial charge in [0.25, 0.3) is 10.0 Å². The lowest BCUT2D eigenvalue weighted by Crippen LogP contribution is -2.52. The molecule has 1 aliphatic rings. The fourth-order valence-corrected chi connectivity index (χ4v) is 6.61. The van der Waals surface area contributed by atoms with E-state index in [2.05, 4.69) is 5.32 Å². The minimum absolute atomic E-state index is 0.103. The van der Waals surface area contributed by atoms with Crippen LogP contribution in [0.1, 0.15) is 54.9 Å². The molecule has 0 spiro atoms. The van der Waals surface area contributed by atoms with Crippen LogP contribution in [-0.2, 0) is 26.2 Å². The first kappa shape index (κ1) is 29.3. The fourth-order valence-electron chi connectivity index (χ4n) is 5.22. The molecule has 0 bridgehead atoms. The summed E-state index contributed by atoms with van der Waals surface area (Å²) in [5.74, 6) is -0.678. The zero-order valence-corrected chi connectivity index (χ0v) is 24.6. The molecule has 1 aliphatic carbocycles. The number of rotatable bonds is 10. The van der Waals surface area contributed by atoms with Crippen molar-refractivity contribution in [1.82, 2.24) is 10.2 Å². The maximum absolute atomic E-state index is 14.1. The number of benzene rings is 3. The Morgan fingerprint density at radius 3 is 2.08 bits per heavy atom. The second-order valence-corrected chi connectivity index (χ2v) is 12.7. The van der Waals surface area contributed by atoms with Crippen molar-refractivity contribution in [2.24, 2.45) is 0 Å². The van der Waals surface area contributed by atoms with E-state index in [0.717, 1.165) is 47.9 Å². The van der Waals surface area contributed by atoms with Gasteiger partial charge >= 0.3 is 0 Å². The van der Waals surface area contributed by atoms with Gasteiger partial charge in [-0.1, -0.05) is 66.9 Å². The Morgan fingerprint density at radius 1 is 0.875 bits per heavy atom. The van der Waals surface area contributed by atoms with Crippen LogP contribution in [0.25, 0.3) is 0 Å². The molecule has 4 rings (SSSR count). The summed E-state index contributed by atoms with van der Waals surface area (Å²) >= 11 is 0. The highest BCUT2D eigenvalue weighted by Gasteiger charge is 2.33. The van der Waals surface area contributed by atoms with Gasteiger partial charge in [0.1, 0.15) is 12.6 Å². The lowest BCUT2D eigenvalue weighted by molar-refractivity contribution is -0.139. The summed E-state index contributed by atoms with van der Waals surface area (Å²) in [6, 6.07) is 20.9. The number of anilines is 1. The highest BCUT2D eigenvalue weighted by molar-refractivity contribution is 7.92. The molecule has 1 unspecified atom stereocenters. The first-order chi connectivity index (χ1) is 19.0. The number of hydrogen-bond acceptors (Lipinski definition) is 4. The van der Waals surface area contributed by atoms with Crippen molar-refractivity contribution in [3.05, 3.63) is 95.1 Å².